The zero-order chi connectivity index (χ0) is 12.1. The Morgan fingerprint density at radius 1 is 1.12 bits per heavy atom. The number of hydrogen-bond acceptors (Lipinski definition) is 3. The molecule has 1 heterocycles. The lowest BCUT2D eigenvalue weighted by atomic mass is 9.93. The number of nitrogens with two attached hydrogens (primary N) is 1. The molecule has 2 N–H and O–H groups in total. The summed E-state index contributed by atoms with van der Waals surface area (Å²) in [5, 5.41) is 0. The van der Waals surface area contributed by atoms with E-state index in [-0.39, 0.29) is 24.7 Å². The maximum Gasteiger partial charge on any atom is 0.248 e. The van der Waals surface area contributed by atoms with Crippen molar-refractivity contribution in [2.45, 2.75) is 57.1 Å². The molecule has 1 aliphatic carbocycles. The molecule has 0 bridgehead atoms. The molecule has 2 atom stereocenters. The summed E-state index contributed by atoms with van der Waals surface area (Å²) in [5.74, 6) is 0.141. The molecular formula is C13H24N2O2. The van der Waals surface area contributed by atoms with Crippen molar-refractivity contribution in [3.8, 4) is 0 Å². The molecule has 1 amide bonds. The zero-order valence-electron chi connectivity index (χ0n) is 10.6. The molecule has 0 aromatic heterocycles. The Bertz CT molecular complexity index is 252. The first-order valence-corrected chi connectivity index (χ1v) is 6.92. The maximum atomic E-state index is 11.9. The van der Waals surface area contributed by atoms with Crippen molar-refractivity contribution >= 4 is 5.91 Å². The smallest absolute Gasteiger partial charge is 0.248 e. The summed E-state index contributed by atoms with van der Waals surface area (Å²) in [5.41, 5.74) is 5.99. The van der Waals surface area contributed by atoms with Crippen LogP contribution in [0, 0.1) is 0 Å². The zero-order valence-corrected chi connectivity index (χ0v) is 10.6. The summed E-state index contributed by atoms with van der Waals surface area (Å²) in [7, 11) is 0. The first-order valence-electron chi connectivity index (χ1n) is 6.92. The van der Waals surface area contributed by atoms with Gasteiger partial charge in [0, 0.05) is 19.1 Å². The number of likely N-dealkylation sites (tertiary alicyclic amines) is 1. The number of carbonyl (C=O) groups is 1. The van der Waals surface area contributed by atoms with Gasteiger partial charge in [0.2, 0.25) is 5.91 Å². The van der Waals surface area contributed by atoms with Gasteiger partial charge in [0.05, 0.1) is 6.10 Å². The van der Waals surface area contributed by atoms with Crippen molar-refractivity contribution in [1.82, 2.24) is 4.90 Å². The van der Waals surface area contributed by atoms with E-state index < -0.39 is 0 Å². The van der Waals surface area contributed by atoms with Crippen LogP contribution in [0.25, 0.3) is 0 Å². The van der Waals surface area contributed by atoms with Crippen LogP contribution in [-0.4, -0.2) is 42.6 Å². The third-order valence-corrected chi connectivity index (χ3v) is 3.88. The molecule has 1 aliphatic heterocycles. The third kappa shape index (κ3) is 3.68. The normalized spacial score (nSPS) is 30.3. The predicted molar refractivity (Wildman–Crippen MR) is 66.6 cm³/mol. The van der Waals surface area contributed by atoms with Crippen LogP contribution in [0.2, 0.25) is 0 Å². The highest BCUT2D eigenvalue weighted by atomic mass is 16.5. The Hall–Kier alpha value is -0.610. The van der Waals surface area contributed by atoms with Crippen molar-refractivity contribution in [3.63, 3.8) is 0 Å². The van der Waals surface area contributed by atoms with Crippen LogP contribution < -0.4 is 5.73 Å². The Kier molecular flexibility index (Phi) is 4.80. The largest absolute Gasteiger partial charge is 0.367 e. The number of hydrogen-bond donors (Lipinski definition) is 1. The SMILES string of the molecule is NC1CCCCC1OCC(=O)N1CCCCC1. The lowest BCUT2D eigenvalue weighted by Crippen LogP contribution is -2.43. The highest BCUT2D eigenvalue weighted by Crippen LogP contribution is 2.19. The van der Waals surface area contributed by atoms with Crippen LogP contribution in [-0.2, 0) is 9.53 Å². The molecule has 4 heteroatoms. The molecule has 2 fully saturated rings. The second kappa shape index (κ2) is 6.36. The minimum Gasteiger partial charge on any atom is -0.367 e. The Labute approximate surface area is 103 Å². The summed E-state index contributed by atoms with van der Waals surface area (Å²) in [6.07, 6.45) is 8.02. The number of amides is 1. The van der Waals surface area contributed by atoms with E-state index in [1.165, 1.54) is 19.3 Å². The number of rotatable bonds is 3. The highest BCUT2D eigenvalue weighted by molar-refractivity contribution is 5.77. The van der Waals surface area contributed by atoms with Gasteiger partial charge in [0.15, 0.2) is 0 Å². The summed E-state index contributed by atoms with van der Waals surface area (Å²) in [4.78, 5) is 13.8. The Morgan fingerprint density at radius 2 is 1.82 bits per heavy atom. The van der Waals surface area contributed by atoms with Crippen LogP contribution in [0.4, 0.5) is 0 Å². The van der Waals surface area contributed by atoms with E-state index in [4.69, 9.17) is 10.5 Å². The van der Waals surface area contributed by atoms with Crippen molar-refractivity contribution < 1.29 is 9.53 Å². The van der Waals surface area contributed by atoms with Crippen LogP contribution in [0.3, 0.4) is 0 Å². The summed E-state index contributed by atoms with van der Waals surface area (Å²) >= 11 is 0. The second-order valence-electron chi connectivity index (χ2n) is 5.24. The number of ether oxygens (including phenoxy) is 1. The van der Waals surface area contributed by atoms with Crippen molar-refractivity contribution in [1.29, 1.82) is 0 Å². The first-order chi connectivity index (χ1) is 8.27. The molecule has 0 radical (unpaired) electrons. The lowest BCUT2D eigenvalue weighted by molar-refractivity contribution is -0.140. The molecule has 1 saturated carbocycles. The maximum absolute atomic E-state index is 11.9. The molecule has 2 aliphatic rings. The van der Waals surface area contributed by atoms with Gasteiger partial charge >= 0.3 is 0 Å². The summed E-state index contributed by atoms with van der Waals surface area (Å²) in [6, 6.07) is 0.123. The van der Waals surface area contributed by atoms with Gasteiger partial charge in [-0.25, -0.2) is 0 Å². The van der Waals surface area contributed by atoms with Gasteiger partial charge in [0.25, 0.3) is 0 Å². The van der Waals surface area contributed by atoms with Crippen LogP contribution >= 0.6 is 0 Å². The van der Waals surface area contributed by atoms with Crippen molar-refractivity contribution in [3.05, 3.63) is 0 Å². The number of carbonyl (C=O) groups excluding carboxylic acids is 1. The third-order valence-electron chi connectivity index (χ3n) is 3.88. The van der Waals surface area contributed by atoms with Gasteiger partial charge in [-0.05, 0) is 32.1 Å². The van der Waals surface area contributed by atoms with E-state index in [2.05, 4.69) is 0 Å². The molecule has 2 rings (SSSR count). The van der Waals surface area contributed by atoms with E-state index in [1.807, 2.05) is 4.90 Å². The molecule has 0 aromatic rings. The molecule has 98 valence electrons. The quantitative estimate of drug-likeness (QED) is 0.808. The highest BCUT2D eigenvalue weighted by Gasteiger charge is 2.24. The van der Waals surface area contributed by atoms with Crippen molar-refractivity contribution in [2.75, 3.05) is 19.7 Å². The van der Waals surface area contributed by atoms with Gasteiger partial charge in [-0.3, -0.25) is 4.79 Å². The van der Waals surface area contributed by atoms with E-state index in [1.54, 1.807) is 0 Å². The van der Waals surface area contributed by atoms with Gasteiger partial charge in [-0.15, -0.1) is 0 Å². The lowest BCUT2D eigenvalue weighted by Gasteiger charge is -2.30. The van der Waals surface area contributed by atoms with Gasteiger partial charge in [0.1, 0.15) is 6.61 Å². The second-order valence-corrected chi connectivity index (χ2v) is 5.24. The minimum absolute atomic E-state index is 0.0949. The van der Waals surface area contributed by atoms with E-state index >= 15 is 0 Å². The summed E-state index contributed by atoms with van der Waals surface area (Å²) < 4.78 is 5.69. The predicted octanol–water partition coefficient (Wildman–Crippen LogP) is 1.29. The average Bonchev–Trinajstić information content (AvgIpc) is 2.38. The van der Waals surface area contributed by atoms with Gasteiger partial charge in [-0.2, -0.15) is 0 Å². The van der Waals surface area contributed by atoms with E-state index in [0.29, 0.717) is 0 Å². The van der Waals surface area contributed by atoms with Gasteiger partial charge in [-0.1, -0.05) is 12.8 Å². The average molecular weight is 240 g/mol. The molecule has 4 nitrogen and oxygen atoms in total. The fourth-order valence-corrected chi connectivity index (χ4v) is 2.75. The summed E-state index contributed by atoms with van der Waals surface area (Å²) in [6.45, 7) is 2.02. The Balaban J connectivity index is 1.71. The molecular weight excluding hydrogens is 216 g/mol. The molecule has 0 aromatic carbocycles. The monoisotopic (exact) mass is 240 g/mol. The van der Waals surface area contributed by atoms with E-state index in [0.717, 1.165) is 38.8 Å². The van der Waals surface area contributed by atoms with Crippen molar-refractivity contribution in [2.24, 2.45) is 5.73 Å². The van der Waals surface area contributed by atoms with Crippen LogP contribution in [0.1, 0.15) is 44.9 Å². The molecule has 17 heavy (non-hydrogen) atoms. The topological polar surface area (TPSA) is 55.6 Å². The number of nitrogens with zero attached hydrogens (tertiary/aromatic N) is 1. The number of piperidine rings is 1. The van der Waals surface area contributed by atoms with E-state index in [9.17, 15) is 4.79 Å². The first kappa shape index (κ1) is 12.8. The molecule has 1 saturated heterocycles. The molecule has 2 unspecified atom stereocenters. The molecule has 0 spiro atoms. The van der Waals surface area contributed by atoms with Crippen LogP contribution in [0.5, 0.6) is 0 Å². The Morgan fingerprint density at radius 3 is 2.53 bits per heavy atom. The fraction of sp³-hybridized carbons (Fsp3) is 0.923. The standard InChI is InChI=1S/C13H24N2O2/c14-11-6-2-3-7-12(11)17-10-13(16)15-8-4-1-5-9-15/h11-12H,1-10,14H2. The van der Waals surface area contributed by atoms with Crippen LogP contribution in [0.15, 0.2) is 0 Å². The van der Waals surface area contributed by atoms with Gasteiger partial charge < -0.3 is 15.4 Å². The minimum atomic E-state index is 0.0949. The fourth-order valence-electron chi connectivity index (χ4n) is 2.75.